The standard InChI is InChI=1S/C20H19N5O3/c1-14-6-8-15(9-7-14)28-13-12-25-22-18(21-23-25)10-11-24-19(26)16-4-2-3-5-17(16)20(24)27/h2-9H,10-13H2,1H3. The van der Waals surface area contributed by atoms with E-state index in [9.17, 15) is 9.59 Å². The average Bonchev–Trinajstić information content (AvgIpc) is 3.25. The van der Waals surface area contributed by atoms with Crippen LogP contribution in [0.2, 0.25) is 0 Å². The van der Waals surface area contributed by atoms with E-state index in [2.05, 4.69) is 15.4 Å². The van der Waals surface area contributed by atoms with E-state index in [-0.39, 0.29) is 18.4 Å². The number of amides is 2. The van der Waals surface area contributed by atoms with E-state index in [1.54, 1.807) is 24.3 Å². The molecule has 0 bridgehead atoms. The Morgan fingerprint density at radius 2 is 1.61 bits per heavy atom. The van der Waals surface area contributed by atoms with Gasteiger partial charge in [-0.1, -0.05) is 29.8 Å². The van der Waals surface area contributed by atoms with Crippen molar-refractivity contribution in [3.05, 3.63) is 71.0 Å². The lowest BCUT2D eigenvalue weighted by atomic mass is 10.1. The number of rotatable bonds is 7. The zero-order valence-electron chi connectivity index (χ0n) is 15.4. The molecule has 0 atom stereocenters. The molecule has 0 spiro atoms. The van der Waals surface area contributed by atoms with Crippen LogP contribution in [0.1, 0.15) is 32.1 Å². The molecule has 3 aromatic rings. The second-order valence-electron chi connectivity index (χ2n) is 6.52. The highest BCUT2D eigenvalue weighted by molar-refractivity contribution is 6.21. The zero-order valence-corrected chi connectivity index (χ0v) is 15.4. The molecule has 8 heteroatoms. The van der Waals surface area contributed by atoms with Gasteiger partial charge in [0.25, 0.3) is 11.8 Å². The maximum absolute atomic E-state index is 12.4. The lowest BCUT2D eigenvalue weighted by molar-refractivity contribution is 0.0655. The number of hydrogen-bond donors (Lipinski definition) is 0. The highest BCUT2D eigenvalue weighted by Gasteiger charge is 2.34. The summed E-state index contributed by atoms with van der Waals surface area (Å²) in [6.45, 7) is 3.11. The summed E-state index contributed by atoms with van der Waals surface area (Å²) in [5.74, 6) is 0.711. The largest absolute Gasteiger partial charge is 0.492 e. The smallest absolute Gasteiger partial charge is 0.261 e. The van der Waals surface area contributed by atoms with Crippen LogP contribution in [0.4, 0.5) is 0 Å². The minimum atomic E-state index is -0.278. The predicted octanol–water partition coefficient (Wildman–Crippen LogP) is 1.90. The SMILES string of the molecule is Cc1ccc(OCCn2nnc(CCN3C(=O)c4ccccc4C3=O)n2)cc1. The summed E-state index contributed by atoms with van der Waals surface area (Å²) in [5, 5.41) is 12.3. The van der Waals surface area contributed by atoms with E-state index in [0.29, 0.717) is 36.5 Å². The molecule has 0 N–H and O–H groups in total. The van der Waals surface area contributed by atoms with Crippen molar-refractivity contribution in [1.82, 2.24) is 25.1 Å². The summed E-state index contributed by atoms with van der Waals surface area (Å²) in [5.41, 5.74) is 2.06. The molecule has 142 valence electrons. The summed E-state index contributed by atoms with van der Waals surface area (Å²) in [7, 11) is 0. The number of ether oxygens (including phenoxy) is 1. The molecule has 8 nitrogen and oxygen atoms in total. The summed E-state index contributed by atoms with van der Waals surface area (Å²) in [4.78, 5) is 27.4. The van der Waals surface area contributed by atoms with E-state index in [1.165, 1.54) is 15.3 Å². The molecule has 2 amide bonds. The van der Waals surface area contributed by atoms with Crippen LogP contribution in [0.3, 0.4) is 0 Å². The second kappa shape index (κ2) is 7.59. The first-order valence-electron chi connectivity index (χ1n) is 9.03. The molecule has 0 unspecified atom stereocenters. The highest BCUT2D eigenvalue weighted by Crippen LogP contribution is 2.22. The number of imide groups is 1. The number of hydrogen-bond acceptors (Lipinski definition) is 6. The third-order valence-corrected chi connectivity index (χ3v) is 4.51. The topological polar surface area (TPSA) is 90.2 Å². The van der Waals surface area contributed by atoms with Gasteiger partial charge in [0.2, 0.25) is 0 Å². The van der Waals surface area contributed by atoms with E-state index >= 15 is 0 Å². The molecule has 1 aromatic heterocycles. The van der Waals surface area contributed by atoms with Crippen molar-refractivity contribution in [3.8, 4) is 5.75 Å². The van der Waals surface area contributed by atoms with E-state index in [4.69, 9.17) is 4.74 Å². The molecule has 0 saturated heterocycles. The van der Waals surface area contributed by atoms with Gasteiger partial charge in [-0.3, -0.25) is 14.5 Å². The van der Waals surface area contributed by atoms with E-state index in [0.717, 1.165) is 5.75 Å². The van der Waals surface area contributed by atoms with Crippen LogP contribution in [-0.2, 0) is 13.0 Å². The summed E-state index contributed by atoms with van der Waals surface area (Å²) in [6, 6.07) is 14.6. The normalized spacial score (nSPS) is 13.1. The third-order valence-electron chi connectivity index (χ3n) is 4.51. The van der Waals surface area contributed by atoms with Gasteiger partial charge in [0, 0.05) is 13.0 Å². The van der Waals surface area contributed by atoms with Crippen molar-refractivity contribution in [2.45, 2.75) is 19.9 Å². The Hall–Kier alpha value is -3.55. The first-order valence-corrected chi connectivity index (χ1v) is 9.03. The van der Waals surface area contributed by atoms with Crippen molar-refractivity contribution >= 4 is 11.8 Å². The van der Waals surface area contributed by atoms with Crippen LogP contribution in [0, 0.1) is 6.92 Å². The van der Waals surface area contributed by atoms with Crippen molar-refractivity contribution < 1.29 is 14.3 Å². The predicted molar refractivity (Wildman–Crippen MR) is 100 cm³/mol. The van der Waals surface area contributed by atoms with Gasteiger partial charge in [-0.15, -0.1) is 10.2 Å². The third kappa shape index (κ3) is 3.62. The van der Waals surface area contributed by atoms with Crippen LogP contribution in [-0.4, -0.2) is 50.1 Å². The molecule has 2 aromatic carbocycles. The van der Waals surface area contributed by atoms with Crippen LogP contribution in [0.15, 0.2) is 48.5 Å². The molecule has 1 aliphatic heterocycles. The van der Waals surface area contributed by atoms with Crippen LogP contribution in [0.25, 0.3) is 0 Å². The van der Waals surface area contributed by atoms with Gasteiger partial charge in [-0.05, 0) is 36.4 Å². The number of benzene rings is 2. The van der Waals surface area contributed by atoms with Gasteiger partial charge >= 0.3 is 0 Å². The van der Waals surface area contributed by atoms with Gasteiger partial charge in [-0.25, -0.2) is 0 Å². The maximum Gasteiger partial charge on any atom is 0.261 e. The number of aromatic nitrogens is 4. The zero-order chi connectivity index (χ0) is 19.5. The lowest BCUT2D eigenvalue weighted by Gasteiger charge is -2.11. The first-order chi connectivity index (χ1) is 13.6. The van der Waals surface area contributed by atoms with Gasteiger partial charge in [0.05, 0.1) is 17.7 Å². The number of tetrazole rings is 1. The average molecular weight is 377 g/mol. The minimum Gasteiger partial charge on any atom is -0.492 e. The van der Waals surface area contributed by atoms with E-state index < -0.39 is 0 Å². The van der Waals surface area contributed by atoms with Gasteiger partial charge < -0.3 is 4.74 Å². The molecular formula is C20H19N5O3. The van der Waals surface area contributed by atoms with Crippen LogP contribution >= 0.6 is 0 Å². The Balaban J connectivity index is 1.29. The molecule has 4 rings (SSSR count). The molecule has 0 saturated carbocycles. The Morgan fingerprint density at radius 3 is 2.29 bits per heavy atom. The molecule has 1 aliphatic rings. The summed E-state index contributed by atoms with van der Waals surface area (Å²) in [6.07, 6.45) is 0.351. The van der Waals surface area contributed by atoms with Crippen molar-refractivity contribution in [2.75, 3.05) is 13.2 Å². The van der Waals surface area contributed by atoms with E-state index in [1.807, 2.05) is 31.2 Å². The minimum absolute atomic E-state index is 0.220. The Bertz CT molecular complexity index is 978. The Morgan fingerprint density at radius 1 is 0.929 bits per heavy atom. The molecule has 0 radical (unpaired) electrons. The first kappa shape index (κ1) is 17.8. The quantitative estimate of drug-likeness (QED) is 0.584. The summed E-state index contributed by atoms with van der Waals surface area (Å²) < 4.78 is 5.65. The Labute approximate surface area is 161 Å². The van der Waals surface area contributed by atoms with Crippen molar-refractivity contribution in [3.63, 3.8) is 0 Å². The summed E-state index contributed by atoms with van der Waals surface area (Å²) >= 11 is 0. The second-order valence-corrected chi connectivity index (χ2v) is 6.52. The lowest BCUT2D eigenvalue weighted by Crippen LogP contribution is -2.32. The fraction of sp³-hybridized carbons (Fsp3) is 0.250. The number of carbonyl (C=O) groups is 2. The number of nitrogens with zero attached hydrogens (tertiary/aromatic N) is 5. The van der Waals surface area contributed by atoms with Gasteiger partial charge in [0.15, 0.2) is 5.82 Å². The van der Waals surface area contributed by atoms with Crippen molar-refractivity contribution in [1.29, 1.82) is 0 Å². The van der Waals surface area contributed by atoms with Gasteiger partial charge in [-0.2, -0.15) is 4.80 Å². The number of fused-ring (bicyclic) bond motifs is 1. The Kier molecular flexibility index (Phi) is 4.84. The number of aryl methyl sites for hydroxylation is 1. The van der Waals surface area contributed by atoms with Crippen LogP contribution in [0.5, 0.6) is 5.75 Å². The van der Waals surface area contributed by atoms with Crippen LogP contribution < -0.4 is 4.74 Å². The molecule has 2 heterocycles. The fourth-order valence-electron chi connectivity index (χ4n) is 3.00. The number of carbonyl (C=O) groups excluding carboxylic acids is 2. The van der Waals surface area contributed by atoms with Crippen molar-refractivity contribution in [2.24, 2.45) is 0 Å². The molecule has 0 fully saturated rings. The fourth-order valence-corrected chi connectivity index (χ4v) is 3.00. The molecule has 0 aliphatic carbocycles. The molecule has 28 heavy (non-hydrogen) atoms. The molecular weight excluding hydrogens is 358 g/mol. The highest BCUT2D eigenvalue weighted by atomic mass is 16.5. The monoisotopic (exact) mass is 377 g/mol. The maximum atomic E-state index is 12.4. The van der Waals surface area contributed by atoms with Gasteiger partial charge in [0.1, 0.15) is 12.4 Å².